The summed E-state index contributed by atoms with van der Waals surface area (Å²) in [6.45, 7) is 1.03. The van der Waals surface area contributed by atoms with E-state index in [1.54, 1.807) is 19.1 Å². The Bertz CT molecular complexity index is 595. The second kappa shape index (κ2) is 6.48. The lowest BCUT2D eigenvalue weighted by Crippen LogP contribution is -2.60. The van der Waals surface area contributed by atoms with Gasteiger partial charge in [-0.05, 0) is 26.0 Å². The molecule has 0 bridgehead atoms. The van der Waals surface area contributed by atoms with Crippen molar-refractivity contribution in [2.24, 2.45) is 0 Å². The number of hydrogen-bond donors (Lipinski definition) is 3. The molecule has 8 nitrogen and oxygen atoms in total. The van der Waals surface area contributed by atoms with Crippen LogP contribution < -0.4 is 4.72 Å². The van der Waals surface area contributed by atoms with Crippen molar-refractivity contribution < 1.29 is 23.6 Å². The second-order valence-electron chi connectivity index (χ2n) is 4.83. The number of nitrogens with zero attached hydrogens (tertiary/aromatic N) is 1. The van der Waals surface area contributed by atoms with E-state index in [0.717, 1.165) is 5.56 Å². The summed E-state index contributed by atoms with van der Waals surface area (Å²) < 4.78 is 26.4. The topological polar surface area (TPSA) is 130 Å². The van der Waals surface area contributed by atoms with Gasteiger partial charge in [0.15, 0.2) is 0 Å². The molecule has 0 fully saturated rings. The molecule has 1 aromatic carbocycles. The number of nitro groups is 1. The Morgan fingerprint density at radius 3 is 2.14 bits per heavy atom. The smallest absolute Gasteiger partial charge is 0.282 e. The highest BCUT2D eigenvalue weighted by atomic mass is 32.2. The van der Waals surface area contributed by atoms with Gasteiger partial charge in [0.25, 0.3) is 5.54 Å². The molecule has 0 amide bonds. The van der Waals surface area contributed by atoms with Gasteiger partial charge in [-0.25, -0.2) is 13.1 Å². The molecule has 1 unspecified atom stereocenters. The van der Waals surface area contributed by atoms with Gasteiger partial charge in [-0.3, -0.25) is 10.1 Å². The average molecular weight is 318 g/mol. The van der Waals surface area contributed by atoms with Gasteiger partial charge in [0.05, 0.1) is 10.9 Å². The molecule has 0 heterocycles. The zero-order valence-corrected chi connectivity index (χ0v) is 12.5. The third-order valence-electron chi connectivity index (χ3n) is 3.38. The summed E-state index contributed by atoms with van der Waals surface area (Å²) in [4.78, 5) is 10.1. The van der Waals surface area contributed by atoms with Crippen LogP contribution in [0.2, 0.25) is 0 Å². The van der Waals surface area contributed by atoms with E-state index in [2.05, 4.69) is 4.72 Å². The Labute approximate surface area is 122 Å². The van der Waals surface area contributed by atoms with Crippen molar-refractivity contribution in [1.29, 1.82) is 0 Å². The van der Waals surface area contributed by atoms with Crippen molar-refractivity contribution in [3.63, 3.8) is 0 Å². The Kier molecular flexibility index (Phi) is 5.40. The van der Waals surface area contributed by atoms with E-state index in [9.17, 15) is 28.7 Å². The summed E-state index contributed by atoms with van der Waals surface area (Å²) in [6, 6.07) is 4.64. The van der Waals surface area contributed by atoms with Gasteiger partial charge in [-0.15, -0.1) is 0 Å². The van der Waals surface area contributed by atoms with Gasteiger partial charge in [-0.1, -0.05) is 17.7 Å². The van der Waals surface area contributed by atoms with Crippen LogP contribution in [-0.2, 0) is 10.0 Å². The molecule has 0 aliphatic heterocycles. The molecule has 0 radical (unpaired) electrons. The molecule has 0 aromatic heterocycles. The normalized spacial score (nSPS) is 13.9. The fraction of sp³-hybridized carbons (Fsp3) is 0.500. The quantitative estimate of drug-likeness (QED) is 0.466. The van der Waals surface area contributed by atoms with Crippen LogP contribution in [-0.4, -0.2) is 48.3 Å². The number of rotatable bonds is 7. The number of sulfonamides is 1. The van der Waals surface area contributed by atoms with E-state index in [0.29, 0.717) is 0 Å². The molecule has 9 heteroatoms. The maximum Gasteiger partial charge on any atom is 0.282 e. The summed E-state index contributed by atoms with van der Waals surface area (Å²) in [5, 5.41) is 29.4. The Hall–Kier alpha value is -1.55. The predicted octanol–water partition coefficient (Wildman–Crippen LogP) is -0.338. The highest BCUT2D eigenvalue weighted by Crippen LogP contribution is 2.18. The minimum Gasteiger partial charge on any atom is -0.389 e. The molecular weight excluding hydrogens is 300 g/mol. The molecule has 0 aliphatic carbocycles. The molecule has 1 aromatic rings. The summed E-state index contributed by atoms with van der Waals surface area (Å²) in [5.74, 6) is 0. The van der Waals surface area contributed by atoms with Gasteiger partial charge in [0.2, 0.25) is 10.0 Å². The molecule has 1 rings (SSSR count). The monoisotopic (exact) mass is 318 g/mol. The van der Waals surface area contributed by atoms with Crippen molar-refractivity contribution in [2.75, 3.05) is 13.2 Å². The van der Waals surface area contributed by atoms with Crippen molar-refractivity contribution >= 4 is 10.0 Å². The second-order valence-corrected chi connectivity index (χ2v) is 6.55. The van der Waals surface area contributed by atoms with Gasteiger partial charge in [-0.2, -0.15) is 0 Å². The molecule has 21 heavy (non-hydrogen) atoms. The lowest BCUT2D eigenvalue weighted by Gasteiger charge is -2.27. The van der Waals surface area contributed by atoms with Crippen LogP contribution in [0.1, 0.15) is 12.5 Å². The first-order valence-corrected chi connectivity index (χ1v) is 7.63. The Balaban J connectivity index is 3.07. The first kappa shape index (κ1) is 17.5. The summed E-state index contributed by atoms with van der Waals surface area (Å²) >= 11 is 0. The standard InChI is InChI=1S/C12H18N2O6S/c1-9-3-5-11(6-4-9)21(19,20)13-10(2)12(7-15,8-16)14(17)18/h3-6,10,13,15-16H,7-8H2,1-2H3. The zero-order chi connectivity index (χ0) is 16.3. The lowest BCUT2D eigenvalue weighted by atomic mass is 9.95. The lowest BCUT2D eigenvalue weighted by molar-refractivity contribution is -0.581. The predicted molar refractivity (Wildman–Crippen MR) is 74.9 cm³/mol. The van der Waals surface area contributed by atoms with Crippen LogP contribution in [0.4, 0.5) is 0 Å². The van der Waals surface area contributed by atoms with Crippen molar-refractivity contribution in [1.82, 2.24) is 4.72 Å². The van der Waals surface area contributed by atoms with Crippen molar-refractivity contribution in [3.8, 4) is 0 Å². The molecule has 1 atom stereocenters. The molecule has 0 aliphatic rings. The van der Waals surface area contributed by atoms with Gasteiger partial charge >= 0.3 is 0 Å². The first-order chi connectivity index (χ1) is 9.69. The minimum absolute atomic E-state index is 0.0481. The zero-order valence-electron chi connectivity index (χ0n) is 11.7. The van der Waals surface area contributed by atoms with E-state index in [1.807, 2.05) is 0 Å². The first-order valence-electron chi connectivity index (χ1n) is 6.15. The average Bonchev–Trinajstić information content (AvgIpc) is 2.40. The van der Waals surface area contributed by atoms with E-state index >= 15 is 0 Å². The van der Waals surface area contributed by atoms with Crippen molar-refractivity contribution in [3.05, 3.63) is 39.9 Å². The Morgan fingerprint density at radius 1 is 1.29 bits per heavy atom. The summed E-state index contributed by atoms with van der Waals surface area (Å²) in [7, 11) is -3.99. The number of aliphatic hydroxyl groups excluding tert-OH is 2. The molecule has 118 valence electrons. The molecule has 3 N–H and O–H groups in total. The summed E-state index contributed by atoms with van der Waals surface area (Å²) in [6.07, 6.45) is 0. The molecule has 0 saturated carbocycles. The number of hydrogen-bond acceptors (Lipinski definition) is 6. The van der Waals surface area contributed by atoms with Gasteiger partial charge in [0.1, 0.15) is 13.2 Å². The minimum atomic E-state index is -3.99. The van der Waals surface area contributed by atoms with E-state index in [-0.39, 0.29) is 4.90 Å². The van der Waals surface area contributed by atoms with E-state index in [4.69, 9.17) is 0 Å². The van der Waals surface area contributed by atoms with Crippen LogP contribution >= 0.6 is 0 Å². The van der Waals surface area contributed by atoms with Gasteiger partial charge < -0.3 is 10.2 Å². The third kappa shape index (κ3) is 3.56. The van der Waals surface area contributed by atoms with Crippen LogP contribution in [0.5, 0.6) is 0 Å². The number of benzene rings is 1. The maximum atomic E-state index is 12.2. The van der Waals surface area contributed by atoms with E-state index in [1.165, 1.54) is 19.1 Å². The highest BCUT2D eigenvalue weighted by molar-refractivity contribution is 7.89. The summed E-state index contributed by atoms with van der Waals surface area (Å²) in [5.41, 5.74) is -1.31. The number of aryl methyl sites for hydroxylation is 1. The van der Waals surface area contributed by atoms with E-state index < -0.39 is 39.7 Å². The number of nitrogens with one attached hydrogen (secondary N) is 1. The maximum absolute atomic E-state index is 12.2. The largest absolute Gasteiger partial charge is 0.389 e. The molecule has 0 saturated heterocycles. The van der Waals surface area contributed by atoms with Crippen LogP contribution in [0.15, 0.2) is 29.2 Å². The van der Waals surface area contributed by atoms with Crippen molar-refractivity contribution in [2.45, 2.75) is 30.3 Å². The molecule has 0 spiro atoms. The number of aliphatic hydroxyl groups is 2. The SMILES string of the molecule is Cc1ccc(S(=O)(=O)NC(C)C(CO)(CO)[N+](=O)[O-])cc1. The Morgan fingerprint density at radius 2 is 1.76 bits per heavy atom. The fourth-order valence-corrected chi connectivity index (χ4v) is 3.04. The van der Waals surface area contributed by atoms with Crippen LogP contribution in [0.3, 0.4) is 0 Å². The third-order valence-corrected chi connectivity index (χ3v) is 4.94. The van der Waals surface area contributed by atoms with Crippen LogP contribution in [0.25, 0.3) is 0 Å². The van der Waals surface area contributed by atoms with Gasteiger partial charge in [0, 0.05) is 4.92 Å². The molecular formula is C12H18N2O6S. The van der Waals surface area contributed by atoms with Crippen LogP contribution in [0, 0.1) is 17.0 Å². The fourth-order valence-electron chi connectivity index (χ4n) is 1.73. The highest BCUT2D eigenvalue weighted by Gasteiger charge is 2.49.